The number of H-pyrrole nitrogens is 1. The first kappa shape index (κ1) is 11.9. The van der Waals surface area contributed by atoms with Crippen LogP contribution in [0.1, 0.15) is 28.1 Å². The van der Waals surface area contributed by atoms with Crippen LogP contribution in [-0.4, -0.2) is 45.5 Å². The van der Waals surface area contributed by atoms with Crippen molar-refractivity contribution in [2.75, 3.05) is 19.8 Å². The summed E-state index contributed by atoms with van der Waals surface area (Å²) in [6.45, 7) is 3.36. The van der Waals surface area contributed by atoms with E-state index in [1.54, 1.807) is 11.1 Å². The molecule has 0 aromatic carbocycles. The molecule has 0 spiro atoms. The van der Waals surface area contributed by atoms with Crippen molar-refractivity contribution in [3.8, 4) is 0 Å². The van der Waals surface area contributed by atoms with E-state index in [0.717, 1.165) is 11.5 Å². The van der Waals surface area contributed by atoms with Gasteiger partial charge in [0.15, 0.2) is 6.39 Å². The Kier molecular flexibility index (Phi) is 3.04. The number of nitrogens with zero attached hydrogens (tertiary/aromatic N) is 3. The molecule has 1 amide bonds. The minimum absolute atomic E-state index is 0.195. The van der Waals surface area contributed by atoms with Gasteiger partial charge in [0.2, 0.25) is 5.76 Å². The van der Waals surface area contributed by atoms with Crippen molar-refractivity contribution in [2.24, 2.45) is 0 Å². The van der Waals surface area contributed by atoms with E-state index in [2.05, 4.69) is 15.0 Å². The molecule has 100 valence electrons. The van der Waals surface area contributed by atoms with Crippen molar-refractivity contribution < 1.29 is 13.9 Å². The Balaban J connectivity index is 1.87. The molecule has 0 aliphatic carbocycles. The van der Waals surface area contributed by atoms with Gasteiger partial charge in [-0.1, -0.05) is 0 Å². The number of oxazole rings is 1. The average molecular weight is 262 g/mol. The Hall–Kier alpha value is -2.15. The van der Waals surface area contributed by atoms with E-state index in [4.69, 9.17) is 9.15 Å². The first-order chi connectivity index (χ1) is 9.25. The van der Waals surface area contributed by atoms with E-state index in [0.29, 0.717) is 19.8 Å². The largest absolute Gasteiger partial charge is 0.438 e. The van der Waals surface area contributed by atoms with Crippen molar-refractivity contribution in [3.63, 3.8) is 0 Å². The van der Waals surface area contributed by atoms with Crippen LogP contribution in [0.5, 0.6) is 0 Å². The molecule has 1 aliphatic rings. The SMILES string of the molecule is Cc1cnc([C@H]2COCCN2C(=O)c2cnco2)[nH]1. The molecular weight excluding hydrogens is 248 g/mol. The number of hydrogen-bond acceptors (Lipinski definition) is 5. The topological polar surface area (TPSA) is 84.2 Å². The summed E-state index contributed by atoms with van der Waals surface area (Å²) in [5, 5.41) is 0. The van der Waals surface area contributed by atoms with Crippen LogP contribution in [0.15, 0.2) is 23.2 Å². The van der Waals surface area contributed by atoms with Gasteiger partial charge in [0.1, 0.15) is 11.9 Å². The first-order valence-electron chi connectivity index (χ1n) is 6.04. The molecule has 7 heteroatoms. The van der Waals surface area contributed by atoms with Gasteiger partial charge in [0, 0.05) is 18.4 Å². The summed E-state index contributed by atoms with van der Waals surface area (Å²) in [6, 6.07) is -0.222. The molecule has 2 aromatic rings. The Morgan fingerprint density at radius 2 is 2.42 bits per heavy atom. The van der Waals surface area contributed by atoms with Crippen LogP contribution in [-0.2, 0) is 4.74 Å². The fourth-order valence-corrected chi connectivity index (χ4v) is 2.14. The number of carbonyl (C=O) groups is 1. The van der Waals surface area contributed by atoms with Crippen molar-refractivity contribution in [1.29, 1.82) is 0 Å². The monoisotopic (exact) mass is 262 g/mol. The number of morpholine rings is 1. The van der Waals surface area contributed by atoms with E-state index in [1.807, 2.05) is 6.92 Å². The van der Waals surface area contributed by atoms with Crippen molar-refractivity contribution in [3.05, 3.63) is 36.1 Å². The molecule has 1 aliphatic heterocycles. The molecule has 1 fully saturated rings. The number of amides is 1. The summed E-state index contributed by atoms with van der Waals surface area (Å²) < 4.78 is 10.5. The van der Waals surface area contributed by atoms with Crippen molar-refractivity contribution in [1.82, 2.24) is 19.9 Å². The maximum atomic E-state index is 12.3. The van der Waals surface area contributed by atoms with Crippen molar-refractivity contribution in [2.45, 2.75) is 13.0 Å². The normalized spacial score (nSPS) is 19.6. The van der Waals surface area contributed by atoms with E-state index >= 15 is 0 Å². The molecule has 0 bridgehead atoms. The highest BCUT2D eigenvalue weighted by molar-refractivity contribution is 5.91. The summed E-state index contributed by atoms with van der Waals surface area (Å²) >= 11 is 0. The number of rotatable bonds is 2. The molecule has 3 heterocycles. The molecule has 1 atom stereocenters. The second kappa shape index (κ2) is 4.85. The lowest BCUT2D eigenvalue weighted by molar-refractivity contribution is -0.00653. The second-order valence-corrected chi connectivity index (χ2v) is 4.41. The van der Waals surface area contributed by atoms with Crippen LogP contribution >= 0.6 is 0 Å². The molecular formula is C12H14N4O3. The van der Waals surface area contributed by atoms with Gasteiger partial charge in [0.25, 0.3) is 5.91 Å². The Labute approximate surface area is 109 Å². The Morgan fingerprint density at radius 1 is 1.53 bits per heavy atom. The third kappa shape index (κ3) is 2.24. The number of aryl methyl sites for hydroxylation is 1. The molecule has 0 radical (unpaired) electrons. The molecule has 1 saturated heterocycles. The number of hydrogen-bond donors (Lipinski definition) is 1. The van der Waals surface area contributed by atoms with E-state index in [-0.39, 0.29) is 17.7 Å². The summed E-state index contributed by atoms with van der Waals surface area (Å²) in [5.74, 6) is 0.764. The molecule has 0 unspecified atom stereocenters. The predicted molar refractivity (Wildman–Crippen MR) is 64.4 cm³/mol. The number of aromatic nitrogens is 3. The quantitative estimate of drug-likeness (QED) is 0.870. The highest BCUT2D eigenvalue weighted by atomic mass is 16.5. The third-order valence-corrected chi connectivity index (χ3v) is 3.07. The zero-order chi connectivity index (χ0) is 13.2. The summed E-state index contributed by atoms with van der Waals surface area (Å²) in [5.41, 5.74) is 0.952. The zero-order valence-corrected chi connectivity index (χ0v) is 10.5. The third-order valence-electron chi connectivity index (χ3n) is 3.07. The standard InChI is InChI=1S/C12H14N4O3/c1-8-4-14-11(15-8)9-6-18-3-2-16(9)12(17)10-5-13-7-19-10/h4-5,7,9H,2-3,6H2,1H3,(H,14,15)/t9-/m1/s1. The van der Waals surface area contributed by atoms with Gasteiger partial charge in [-0.05, 0) is 6.92 Å². The van der Waals surface area contributed by atoms with Crippen LogP contribution in [0, 0.1) is 6.92 Å². The molecule has 19 heavy (non-hydrogen) atoms. The number of carbonyl (C=O) groups excluding carboxylic acids is 1. The van der Waals surface area contributed by atoms with E-state index in [1.165, 1.54) is 12.6 Å². The summed E-state index contributed by atoms with van der Waals surface area (Å²) in [4.78, 5) is 25.2. The number of aromatic amines is 1. The highest BCUT2D eigenvalue weighted by Crippen LogP contribution is 2.23. The first-order valence-corrected chi connectivity index (χ1v) is 6.04. The number of nitrogens with one attached hydrogen (secondary N) is 1. The molecule has 0 saturated carbocycles. The Bertz CT molecular complexity index is 563. The van der Waals surface area contributed by atoms with Crippen LogP contribution < -0.4 is 0 Å². The number of ether oxygens (including phenoxy) is 1. The van der Waals surface area contributed by atoms with Crippen LogP contribution in [0.4, 0.5) is 0 Å². The molecule has 1 N–H and O–H groups in total. The number of imidazole rings is 1. The zero-order valence-electron chi connectivity index (χ0n) is 10.5. The Morgan fingerprint density at radius 3 is 3.11 bits per heavy atom. The van der Waals surface area contributed by atoms with Gasteiger partial charge >= 0.3 is 0 Å². The van der Waals surface area contributed by atoms with E-state index < -0.39 is 0 Å². The van der Waals surface area contributed by atoms with Crippen molar-refractivity contribution >= 4 is 5.91 Å². The van der Waals surface area contributed by atoms with Gasteiger partial charge in [-0.2, -0.15) is 0 Å². The van der Waals surface area contributed by atoms with Crippen LogP contribution in [0.25, 0.3) is 0 Å². The molecule has 2 aromatic heterocycles. The molecule has 3 rings (SSSR count). The maximum Gasteiger partial charge on any atom is 0.292 e. The summed E-state index contributed by atoms with van der Waals surface area (Å²) in [7, 11) is 0. The minimum Gasteiger partial charge on any atom is -0.438 e. The fourth-order valence-electron chi connectivity index (χ4n) is 2.14. The fraction of sp³-hybridized carbons (Fsp3) is 0.417. The lowest BCUT2D eigenvalue weighted by Gasteiger charge is -2.33. The van der Waals surface area contributed by atoms with Gasteiger partial charge in [-0.3, -0.25) is 4.79 Å². The van der Waals surface area contributed by atoms with Gasteiger partial charge in [-0.25, -0.2) is 9.97 Å². The van der Waals surface area contributed by atoms with Crippen LogP contribution in [0.3, 0.4) is 0 Å². The predicted octanol–water partition coefficient (Wildman–Crippen LogP) is 0.920. The summed E-state index contributed by atoms with van der Waals surface area (Å²) in [6.07, 6.45) is 4.41. The molecule has 7 nitrogen and oxygen atoms in total. The minimum atomic E-state index is -0.222. The van der Waals surface area contributed by atoms with Gasteiger partial charge < -0.3 is 19.0 Å². The smallest absolute Gasteiger partial charge is 0.292 e. The van der Waals surface area contributed by atoms with Gasteiger partial charge in [-0.15, -0.1) is 0 Å². The second-order valence-electron chi connectivity index (χ2n) is 4.41. The highest BCUT2D eigenvalue weighted by Gasteiger charge is 2.32. The lowest BCUT2D eigenvalue weighted by atomic mass is 10.2. The average Bonchev–Trinajstić information content (AvgIpc) is 3.09. The lowest BCUT2D eigenvalue weighted by Crippen LogP contribution is -2.43. The maximum absolute atomic E-state index is 12.3. The van der Waals surface area contributed by atoms with Crippen LogP contribution in [0.2, 0.25) is 0 Å². The van der Waals surface area contributed by atoms with E-state index in [9.17, 15) is 4.79 Å². The van der Waals surface area contributed by atoms with Gasteiger partial charge in [0.05, 0.1) is 19.4 Å².